The molecule has 0 aromatic rings. The van der Waals surface area contributed by atoms with Gasteiger partial charge in [-0.2, -0.15) is 0 Å². The van der Waals surface area contributed by atoms with E-state index in [1.54, 1.807) is 0 Å². The van der Waals surface area contributed by atoms with E-state index in [4.69, 9.17) is 14.2 Å². The SMILES string of the molecule is CCCOCCCCCOCCOCCNC. The van der Waals surface area contributed by atoms with Gasteiger partial charge in [0.1, 0.15) is 0 Å². The molecule has 0 spiro atoms. The summed E-state index contributed by atoms with van der Waals surface area (Å²) in [5, 5.41) is 3.03. The van der Waals surface area contributed by atoms with Crippen molar-refractivity contribution in [3.8, 4) is 0 Å². The van der Waals surface area contributed by atoms with Gasteiger partial charge in [-0.15, -0.1) is 0 Å². The summed E-state index contributed by atoms with van der Waals surface area (Å²) in [6, 6.07) is 0. The molecule has 0 heterocycles. The third kappa shape index (κ3) is 15.8. The van der Waals surface area contributed by atoms with Crippen LogP contribution in [0.4, 0.5) is 0 Å². The minimum Gasteiger partial charge on any atom is -0.381 e. The van der Waals surface area contributed by atoms with Crippen molar-refractivity contribution in [2.24, 2.45) is 0 Å². The normalized spacial score (nSPS) is 10.9. The Morgan fingerprint density at radius 3 is 1.88 bits per heavy atom. The van der Waals surface area contributed by atoms with E-state index in [1.165, 1.54) is 6.42 Å². The van der Waals surface area contributed by atoms with Gasteiger partial charge >= 0.3 is 0 Å². The van der Waals surface area contributed by atoms with Gasteiger partial charge in [0.2, 0.25) is 0 Å². The third-order valence-corrected chi connectivity index (χ3v) is 2.29. The number of hydrogen-bond donors (Lipinski definition) is 1. The summed E-state index contributed by atoms with van der Waals surface area (Å²) in [7, 11) is 1.92. The molecule has 4 heteroatoms. The van der Waals surface area contributed by atoms with Crippen molar-refractivity contribution in [3.63, 3.8) is 0 Å². The number of unbranched alkanes of at least 4 members (excludes halogenated alkanes) is 2. The monoisotopic (exact) mass is 247 g/mol. The largest absolute Gasteiger partial charge is 0.381 e. The molecule has 17 heavy (non-hydrogen) atoms. The molecule has 0 rings (SSSR count). The summed E-state index contributed by atoms with van der Waals surface area (Å²) in [6.45, 7) is 7.81. The summed E-state index contributed by atoms with van der Waals surface area (Å²) >= 11 is 0. The Morgan fingerprint density at radius 2 is 1.29 bits per heavy atom. The first-order chi connectivity index (χ1) is 8.41. The summed E-state index contributed by atoms with van der Waals surface area (Å²) in [6.07, 6.45) is 4.55. The van der Waals surface area contributed by atoms with Gasteiger partial charge in [-0.1, -0.05) is 6.92 Å². The molecule has 4 nitrogen and oxygen atoms in total. The number of rotatable bonds is 14. The van der Waals surface area contributed by atoms with Gasteiger partial charge in [0.15, 0.2) is 0 Å². The van der Waals surface area contributed by atoms with E-state index >= 15 is 0 Å². The van der Waals surface area contributed by atoms with Crippen LogP contribution in [0.15, 0.2) is 0 Å². The van der Waals surface area contributed by atoms with Crippen molar-refractivity contribution in [1.29, 1.82) is 0 Å². The average molecular weight is 247 g/mol. The number of hydrogen-bond acceptors (Lipinski definition) is 4. The topological polar surface area (TPSA) is 39.7 Å². The van der Waals surface area contributed by atoms with Crippen LogP contribution < -0.4 is 5.32 Å². The number of likely N-dealkylation sites (N-methyl/N-ethyl adjacent to an activating group) is 1. The highest BCUT2D eigenvalue weighted by atomic mass is 16.5. The van der Waals surface area contributed by atoms with Crippen molar-refractivity contribution in [2.75, 3.05) is 53.2 Å². The van der Waals surface area contributed by atoms with E-state index in [-0.39, 0.29) is 0 Å². The molecule has 0 radical (unpaired) electrons. The number of nitrogens with one attached hydrogen (secondary N) is 1. The number of ether oxygens (including phenoxy) is 3. The van der Waals surface area contributed by atoms with Gasteiger partial charge in [0.05, 0.1) is 19.8 Å². The van der Waals surface area contributed by atoms with E-state index in [2.05, 4.69) is 12.2 Å². The van der Waals surface area contributed by atoms with Crippen LogP contribution in [0.2, 0.25) is 0 Å². The Labute approximate surface area is 106 Å². The van der Waals surface area contributed by atoms with E-state index in [0.29, 0.717) is 13.2 Å². The quantitative estimate of drug-likeness (QED) is 0.475. The predicted octanol–water partition coefficient (Wildman–Crippen LogP) is 1.84. The summed E-state index contributed by atoms with van der Waals surface area (Å²) in [4.78, 5) is 0. The molecule has 0 bridgehead atoms. The zero-order valence-corrected chi connectivity index (χ0v) is 11.5. The Balaban J connectivity index is 2.85. The highest BCUT2D eigenvalue weighted by Gasteiger charge is 1.92. The van der Waals surface area contributed by atoms with Crippen LogP contribution in [-0.2, 0) is 14.2 Å². The lowest BCUT2D eigenvalue weighted by Gasteiger charge is -2.06. The van der Waals surface area contributed by atoms with E-state index in [0.717, 1.165) is 52.2 Å². The van der Waals surface area contributed by atoms with Crippen molar-refractivity contribution in [3.05, 3.63) is 0 Å². The van der Waals surface area contributed by atoms with Crippen LogP contribution >= 0.6 is 0 Å². The first-order valence-corrected chi connectivity index (χ1v) is 6.79. The molecule has 0 saturated heterocycles. The summed E-state index contributed by atoms with van der Waals surface area (Å²) in [5.74, 6) is 0. The molecule has 0 saturated carbocycles. The van der Waals surface area contributed by atoms with Gasteiger partial charge < -0.3 is 19.5 Å². The van der Waals surface area contributed by atoms with E-state index in [9.17, 15) is 0 Å². The smallest absolute Gasteiger partial charge is 0.0701 e. The fourth-order valence-corrected chi connectivity index (χ4v) is 1.33. The Kier molecular flexibility index (Phi) is 15.7. The van der Waals surface area contributed by atoms with Crippen LogP contribution in [0.25, 0.3) is 0 Å². The Hall–Kier alpha value is -0.160. The van der Waals surface area contributed by atoms with Crippen LogP contribution in [0.1, 0.15) is 32.6 Å². The van der Waals surface area contributed by atoms with Crippen LogP contribution in [-0.4, -0.2) is 53.2 Å². The molecule has 0 aromatic heterocycles. The molecule has 0 amide bonds. The van der Waals surface area contributed by atoms with Gasteiger partial charge in [-0.25, -0.2) is 0 Å². The zero-order chi connectivity index (χ0) is 12.6. The molecule has 104 valence electrons. The maximum Gasteiger partial charge on any atom is 0.0701 e. The van der Waals surface area contributed by atoms with Crippen molar-refractivity contribution in [2.45, 2.75) is 32.6 Å². The highest BCUT2D eigenvalue weighted by molar-refractivity contribution is 4.41. The second-order valence-corrected chi connectivity index (χ2v) is 4.00. The second-order valence-electron chi connectivity index (χ2n) is 4.00. The van der Waals surface area contributed by atoms with Crippen molar-refractivity contribution in [1.82, 2.24) is 5.32 Å². The minimum atomic E-state index is 0.696. The standard InChI is InChI=1S/C13H29NO3/c1-3-8-15-9-5-4-6-10-16-12-13-17-11-7-14-2/h14H,3-13H2,1-2H3. The lowest BCUT2D eigenvalue weighted by molar-refractivity contribution is 0.0468. The summed E-state index contributed by atoms with van der Waals surface area (Å²) < 4.78 is 16.2. The summed E-state index contributed by atoms with van der Waals surface area (Å²) in [5.41, 5.74) is 0. The van der Waals surface area contributed by atoms with Crippen molar-refractivity contribution < 1.29 is 14.2 Å². The fourth-order valence-electron chi connectivity index (χ4n) is 1.33. The van der Waals surface area contributed by atoms with E-state index in [1.807, 2.05) is 7.05 Å². The van der Waals surface area contributed by atoms with Gasteiger partial charge in [-0.05, 0) is 32.7 Å². The maximum absolute atomic E-state index is 5.46. The molecule has 0 aliphatic rings. The zero-order valence-electron chi connectivity index (χ0n) is 11.5. The molecular formula is C13H29NO3. The van der Waals surface area contributed by atoms with E-state index < -0.39 is 0 Å². The average Bonchev–Trinajstić information content (AvgIpc) is 2.35. The predicted molar refractivity (Wildman–Crippen MR) is 70.5 cm³/mol. The molecule has 0 aliphatic carbocycles. The van der Waals surface area contributed by atoms with Crippen LogP contribution in [0, 0.1) is 0 Å². The molecular weight excluding hydrogens is 218 g/mol. The maximum atomic E-state index is 5.46. The lowest BCUT2D eigenvalue weighted by Crippen LogP contribution is -2.16. The fraction of sp³-hybridized carbons (Fsp3) is 1.00. The van der Waals surface area contributed by atoms with Gasteiger partial charge in [0, 0.05) is 26.4 Å². The molecule has 0 fully saturated rings. The molecule has 0 aromatic carbocycles. The molecule has 1 N–H and O–H groups in total. The molecule has 0 unspecified atom stereocenters. The first-order valence-electron chi connectivity index (χ1n) is 6.79. The lowest BCUT2D eigenvalue weighted by atomic mass is 10.2. The molecule has 0 aliphatic heterocycles. The van der Waals surface area contributed by atoms with Gasteiger partial charge in [-0.3, -0.25) is 0 Å². The van der Waals surface area contributed by atoms with Gasteiger partial charge in [0.25, 0.3) is 0 Å². The Bertz CT molecular complexity index is 120. The first kappa shape index (κ1) is 16.8. The second kappa shape index (κ2) is 15.8. The third-order valence-electron chi connectivity index (χ3n) is 2.29. The van der Waals surface area contributed by atoms with Crippen LogP contribution in [0.5, 0.6) is 0 Å². The highest BCUT2D eigenvalue weighted by Crippen LogP contribution is 1.97. The van der Waals surface area contributed by atoms with Crippen LogP contribution in [0.3, 0.4) is 0 Å². The Morgan fingerprint density at radius 1 is 0.706 bits per heavy atom. The molecule has 0 atom stereocenters. The van der Waals surface area contributed by atoms with Crippen molar-refractivity contribution >= 4 is 0 Å². The minimum absolute atomic E-state index is 0.696.